The lowest BCUT2D eigenvalue weighted by molar-refractivity contribution is -0.385. The second-order valence-electron chi connectivity index (χ2n) is 6.46. The van der Waals surface area contributed by atoms with Crippen molar-refractivity contribution in [2.24, 2.45) is 0 Å². The van der Waals surface area contributed by atoms with Crippen LogP contribution < -0.4 is 9.64 Å². The SMILES string of the molecule is O=[N+]([O-])c1cc(Cl)ccc1OCC(O)CN1CCN(c2ccccc2)CC1. The van der Waals surface area contributed by atoms with Gasteiger partial charge in [0.25, 0.3) is 0 Å². The number of halogens is 1. The number of aliphatic hydroxyl groups is 1. The summed E-state index contributed by atoms with van der Waals surface area (Å²) in [4.78, 5) is 15.0. The summed E-state index contributed by atoms with van der Waals surface area (Å²) >= 11 is 5.79. The first-order valence-electron chi connectivity index (χ1n) is 8.80. The van der Waals surface area contributed by atoms with Crippen LogP contribution in [0.15, 0.2) is 48.5 Å². The Morgan fingerprint density at radius 1 is 1.15 bits per heavy atom. The second-order valence-corrected chi connectivity index (χ2v) is 6.89. The minimum absolute atomic E-state index is 0.0125. The molecule has 144 valence electrons. The number of β-amino-alcohol motifs (C(OH)–C–C–N with tert-alkyl or cyclic N) is 1. The number of nitro groups is 1. The molecule has 2 aromatic carbocycles. The third-order valence-electron chi connectivity index (χ3n) is 4.51. The number of benzene rings is 2. The van der Waals surface area contributed by atoms with Crippen LogP contribution in [0.1, 0.15) is 0 Å². The molecule has 1 heterocycles. The lowest BCUT2D eigenvalue weighted by Crippen LogP contribution is -2.49. The monoisotopic (exact) mass is 391 g/mol. The summed E-state index contributed by atoms with van der Waals surface area (Å²) in [6.07, 6.45) is -0.733. The number of nitrogens with zero attached hydrogens (tertiary/aromatic N) is 3. The molecule has 2 aromatic rings. The first-order valence-corrected chi connectivity index (χ1v) is 9.18. The van der Waals surface area contributed by atoms with Gasteiger partial charge in [-0.2, -0.15) is 0 Å². The van der Waals surface area contributed by atoms with Crippen LogP contribution >= 0.6 is 11.6 Å². The molecule has 0 aliphatic carbocycles. The molecule has 1 aliphatic rings. The van der Waals surface area contributed by atoms with Gasteiger partial charge in [-0.15, -0.1) is 0 Å². The van der Waals surface area contributed by atoms with E-state index in [1.54, 1.807) is 0 Å². The normalized spacial score (nSPS) is 16.1. The van der Waals surface area contributed by atoms with E-state index >= 15 is 0 Å². The van der Waals surface area contributed by atoms with Crippen molar-refractivity contribution in [3.8, 4) is 5.75 Å². The zero-order chi connectivity index (χ0) is 19.2. The number of piperazine rings is 1. The lowest BCUT2D eigenvalue weighted by atomic mass is 10.2. The lowest BCUT2D eigenvalue weighted by Gasteiger charge is -2.36. The van der Waals surface area contributed by atoms with Crippen molar-refractivity contribution in [3.63, 3.8) is 0 Å². The molecular formula is C19H22ClN3O4. The Kier molecular flexibility index (Phi) is 6.49. The van der Waals surface area contributed by atoms with Gasteiger partial charge in [-0.1, -0.05) is 29.8 Å². The molecule has 1 saturated heterocycles. The Labute approximate surface area is 162 Å². The Bertz CT molecular complexity index is 767. The molecular weight excluding hydrogens is 370 g/mol. The number of para-hydroxylation sites is 1. The zero-order valence-corrected chi connectivity index (χ0v) is 15.6. The van der Waals surface area contributed by atoms with Gasteiger partial charge in [0.15, 0.2) is 5.75 Å². The fourth-order valence-corrected chi connectivity index (χ4v) is 3.29. The molecule has 0 bridgehead atoms. The molecule has 7 nitrogen and oxygen atoms in total. The third kappa shape index (κ3) is 5.32. The summed E-state index contributed by atoms with van der Waals surface area (Å²) < 4.78 is 5.46. The van der Waals surface area contributed by atoms with Crippen LogP contribution in [0.4, 0.5) is 11.4 Å². The molecule has 0 spiro atoms. The topological polar surface area (TPSA) is 79.1 Å². The quantitative estimate of drug-likeness (QED) is 0.577. The second kappa shape index (κ2) is 9.03. The highest BCUT2D eigenvalue weighted by molar-refractivity contribution is 6.30. The van der Waals surface area contributed by atoms with Crippen molar-refractivity contribution in [1.29, 1.82) is 0 Å². The van der Waals surface area contributed by atoms with Gasteiger partial charge in [-0.3, -0.25) is 15.0 Å². The van der Waals surface area contributed by atoms with E-state index in [0.29, 0.717) is 6.54 Å². The standard InChI is InChI=1S/C19H22ClN3O4/c20-15-6-7-19(18(12-15)23(25)26)27-14-17(24)13-21-8-10-22(11-9-21)16-4-2-1-3-5-16/h1-7,12,17,24H,8-11,13-14H2. The molecule has 3 rings (SSSR count). The van der Waals surface area contributed by atoms with Crippen LogP contribution in [-0.2, 0) is 0 Å². The van der Waals surface area contributed by atoms with Crippen LogP contribution in [-0.4, -0.2) is 60.4 Å². The van der Waals surface area contributed by atoms with Crippen molar-refractivity contribution in [2.45, 2.75) is 6.10 Å². The average Bonchev–Trinajstić information content (AvgIpc) is 2.68. The van der Waals surface area contributed by atoms with E-state index in [1.165, 1.54) is 23.9 Å². The van der Waals surface area contributed by atoms with Crippen LogP contribution in [0, 0.1) is 10.1 Å². The maximum Gasteiger partial charge on any atom is 0.312 e. The Morgan fingerprint density at radius 3 is 2.52 bits per heavy atom. The smallest absolute Gasteiger partial charge is 0.312 e. The van der Waals surface area contributed by atoms with Gasteiger partial charge in [0.2, 0.25) is 0 Å². The predicted octanol–water partition coefficient (Wildman–Crippen LogP) is 2.81. The van der Waals surface area contributed by atoms with E-state index in [2.05, 4.69) is 21.9 Å². The molecule has 1 aliphatic heterocycles. The van der Waals surface area contributed by atoms with E-state index in [0.717, 1.165) is 26.2 Å². The molecule has 1 unspecified atom stereocenters. The van der Waals surface area contributed by atoms with E-state index < -0.39 is 11.0 Å². The molecule has 8 heteroatoms. The summed E-state index contributed by atoms with van der Waals surface area (Å²) in [6.45, 7) is 3.91. The highest BCUT2D eigenvalue weighted by atomic mass is 35.5. The Balaban J connectivity index is 1.47. The van der Waals surface area contributed by atoms with Gasteiger partial charge < -0.3 is 14.7 Å². The Morgan fingerprint density at radius 2 is 1.85 bits per heavy atom. The maximum atomic E-state index is 11.1. The van der Waals surface area contributed by atoms with E-state index in [-0.39, 0.29) is 23.1 Å². The molecule has 27 heavy (non-hydrogen) atoms. The van der Waals surface area contributed by atoms with Gasteiger partial charge in [0.1, 0.15) is 12.7 Å². The van der Waals surface area contributed by atoms with Gasteiger partial charge in [0, 0.05) is 49.5 Å². The predicted molar refractivity (Wildman–Crippen MR) is 105 cm³/mol. The summed E-state index contributed by atoms with van der Waals surface area (Å²) in [6, 6.07) is 14.5. The summed E-state index contributed by atoms with van der Waals surface area (Å²) in [7, 11) is 0. The van der Waals surface area contributed by atoms with Crippen LogP contribution in [0.3, 0.4) is 0 Å². The first kappa shape index (κ1) is 19.4. The van der Waals surface area contributed by atoms with Crippen molar-refractivity contribution in [3.05, 3.63) is 63.7 Å². The highest BCUT2D eigenvalue weighted by Crippen LogP contribution is 2.30. The van der Waals surface area contributed by atoms with E-state index in [4.69, 9.17) is 16.3 Å². The molecule has 0 aromatic heterocycles. The number of hydrogen-bond donors (Lipinski definition) is 1. The fraction of sp³-hybridized carbons (Fsp3) is 0.368. The number of ether oxygens (including phenoxy) is 1. The number of hydrogen-bond acceptors (Lipinski definition) is 6. The average molecular weight is 392 g/mol. The van der Waals surface area contributed by atoms with Crippen LogP contribution in [0.5, 0.6) is 5.75 Å². The van der Waals surface area contributed by atoms with Crippen molar-refractivity contribution in [1.82, 2.24) is 4.90 Å². The van der Waals surface area contributed by atoms with Gasteiger partial charge in [-0.05, 0) is 24.3 Å². The molecule has 0 saturated carbocycles. The fourth-order valence-electron chi connectivity index (χ4n) is 3.12. The zero-order valence-electron chi connectivity index (χ0n) is 14.8. The summed E-state index contributed by atoms with van der Waals surface area (Å²) in [5.74, 6) is 0.109. The van der Waals surface area contributed by atoms with E-state index in [9.17, 15) is 15.2 Å². The molecule has 1 N–H and O–H groups in total. The number of rotatable bonds is 7. The maximum absolute atomic E-state index is 11.1. The van der Waals surface area contributed by atoms with Crippen molar-refractivity contribution >= 4 is 23.0 Å². The summed E-state index contributed by atoms with van der Waals surface area (Å²) in [5.41, 5.74) is 1.00. The number of aliphatic hydroxyl groups excluding tert-OH is 1. The minimum Gasteiger partial charge on any atom is -0.484 e. The largest absolute Gasteiger partial charge is 0.484 e. The van der Waals surface area contributed by atoms with Crippen LogP contribution in [0.25, 0.3) is 0 Å². The first-order chi connectivity index (χ1) is 13.0. The molecule has 1 atom stereocenters. The van der Waals surface area contributed by atoms with Gasteiger partial charge >= 0.3 is 5.69 Å². The Hall–Kier alpha value is -2.35. The molecule has 0 radical (unpaired) electrons. The van der Waals surface area contributed by atoms with Crippen molar-refractivity contribution < 1.29 is 14.8 Å². The molecule has 0 amide bonds. The molecule has 1 fully saturated rings. The summed E-state index contributed by atoms with van der Waals surface area (Å²) in [5, 5.41) is 21.6. The van der Waals surface area contributed by atoms with Gasteiger partial charge in [0.05, 0.1) is 4.92 Å². The number of nitro benzene ring substituents is 1. The van der Waals surface area contributed by atoms with E-state index in [1.807, 2.05) is 18.2 Å². The van der Waals surface area contributed by atoms with Crippen LogP contribution in [0.2, 0.25) is 5.02 Å². The van der Waals surface area contributed by atoms with Crippen molar-refractivity contribution in [2.75, 3.05) is 44.2 Å². The number of anilines is 1. The highest BCUT2D eigenvalue weighted by Gasteiger charge is 2.21. The third-order valence-corrected chi connectivity index (χ3v) is 4.75. The van der Waals surface area contributed by atoms with Gasteiger partial charge in [-0.25, -0.2) is 0 Å². The minimum atomic E-state index is -0.733.